The number of nitrogens with one attached hydrogen (secondary N) is 1. The quantitative estimate of drug-likeness (QED) is 0.749. The normalized spacial score (nSPS) is 11.4. The molecule has 0 aliphatic heterocycles. The largest absolute Gasteiger partial charge is 0.462 e. The second kappa shape index (κ2) is 7.62. The molecule has 0 atom stereocenters. The molecule has 0 aliphatic carbocycles. The molecule has 2 aromatic heterocycles. The van der Waals surface area contributed by atoms with Gasteiger partial charge in [-0.1, -0.05) is 19.9 Å². The zero-order valence-corrected chi connectivity index (χ0v) is 13.3. The molecule has 0 aromatic carbocycles. The first-order chi connectivity index (χ1) is 9.65. The van der Waals surface area contributed by atoms with Crippen LogP contribution in [0.5, 0.6) is 0 Å². The maximum absolute atomic E-state index is 5.82. The Labute approximate surface area is 125 Å². The van der Waals surface area contributed by atoms with E-state index in [4.69, 9.17) is 9.15 Å². The van der Waals surface area contributed by atoms with Gasteiger partial charge in [-0.05, 0) is 30.0 Å². The van der Waals surface area contributed by atoms with Crippen molar-refractivity contribution in [2.45, 2.75) is 46.4 Å². The number of hydrogen-bond donors (Lipinski definition) is 1. The number of thiophene rings is 1. The summed E-state index contributed by atoms with van der Waals surface area (Å²) in [6, 6.07) is 6.75. The van der Waals surface area contributed by atoms with Crippen LogP contribution in [0.3, 0.4) is 0 Å². The molecule has 110 valence electrons. The molecule has 0 amide bonds. The monoisotopic (exact) mass is 293 g/mol. The number of furan rings is 1. The summed E-state index contributed by atoms with van der Waals surface area (Å²) in [6.07, 6.45) is 0.971. The molecule has 0 fully saturated rings. The molecule has 1 N–H and O–H groups in total. The van der Waals surface area contributed by atoms with Crippen LogP contribution in [0.2, 0.25) is 0 Å². The van der Waals surface area contributed by atoms with Gasteiger partial charge in [-0.2, -0.15) is 0 Å². The van der Waals surface area contributed by atoms with Crippen molar-refractivity contribution in [3.63, 3.8) is 0 Å². The van der Waals surface area contributed by atoms with Gasteiger partial charge >= 0.3 is 0 Å². The first kappa shape index (κ1) is 15.3. The maximum atomic E-state index is 5.82. The summed E-state index contributed by atoms with van der Waals surface area (Å²) in [4.78, 5) is 1.36. The molecule has 0 saturated carbocycles. The minimum atomic E-state index is 0.463. The van der Waals surface area contributed by atoms with E-state index in [-0.39, 0.29) is 0 Å². The predicted molar refractivity (Wildman–Crippen MR) is 83.1 cm³/mol. The van der Waals surface area contributed by atoms with Gasteiger partial charge in [-0.3, -0.25) is 0 Å². The van der Waals surface area contributed by atoms with E-state index in [1.165, 1.54) is 10.4 Å². The van der Waals surface area contributed by atoms with Crippen LogP contribution in [0.25, 0.3) is 0 Å². The van der Waals surface area contributed by atoms with Gasteiger partial charge in [0.1, 0.15) is 18.1 Å². The Bertz CT molecular complexity index is 503. The van der Waals surface area contributed by atoms with Crippen LogP contribution in [-0.2, 0) is 24.3 Å². The lowest BCUT2D eigenvalue weighted by Gasteiger charge is -2.06. The molecule has 0 unspecified atom stereocenters. The van der Waals surface area contributed by atoms with Gasteiger partial charge in [0.05, 0.1) is 13.2 Å². The van der Waals surface area contributed by atoms with Crippen LogP contribution in [0.4, 0.5) is 0 Å². The average molecular weight is 293 g/mol. The topological polar surface area (TPSA) is 34.4 Å². The molecule has 2 aromatic rings. The highest BCUT2D eigenvalue weighted by molar-refractivity contribution is 7.09. The minimum absolute atomic E-state index is 0.463. The fourth-order valence-corrected chi connectivity index (χ4v) is 2.62. The highest BCUT2D eigenvalue weighted by atomic mass is 32.1. The standard InChI is InChI=1S/C16H23NO2S/c1-12(2)17-10-16-13(3)9-14(19-16)11-18-7-6-15-5-4-8-20-15/h4-5,8-9,12,17H,6-7,10-11H2,1-3H3. The van der Waals surface area contributed by atoms with E-state index in [1.807, 2.05) is 0 Å². The summed E-state index contributed by atoms with van der Waals surface area (Å²) < 4.78 is 11.5. The van der Waals surface area contributed by atoms with Crippen molar-refractivity contribution < 1.29 is 9.15 Å². The van der Waals surface area contributed by atoms with Crippen LogP contribution < -0.4 is 5.32 Å². The lowest BCUT2D eigenvalue weighted by atomic mass is 10.2. The second-order valence-corrected chi connectivity index (χ2v) is 6.27. The van der Waals surface area contributed by atoms with Gasteiger partial charge in [0, 0.05) is 17.3 Å². The first-order valence-corrected chi connectivity index (χ1v) is 7.95. The summed E-state index contributed by atoms with van der Waals surface area (Å²) in [5.74, 6) is 1.92. The minimum Gasteiger partial charge on any atom is -0.462 e. The Balaban J connectivity index is 1.74. The molecule has 0 saturated heterocycles. The van der Waals surface area contributed by atoms with Crippen LogP contribution in [-0.4, -0.2) is 12.6 Å². The number of aryl methyl sites for hydroxylation is 1. The van der Waals surface area contributed by atoms with Crippen LogP contribution in [0.15, 0.2) is 28.0 Å². The summed E-state index contributed by atoms with van der Waals surface area (Å²) in [5, 5.41) is 5.46. The third kappa shape index (κ3) is 4.78. The van der Waals surface area contributed by atoms with Gasteiger partial charge in [0.25, 0.3) is 0 Å². The molecular formula is C16H23NO2S. The number of hydrogen-bond acceptors (Lipinski definition) is 4. The van der Waals surface area contributed by atoms with E-state index >= 15 is 0 Å². The summed E-state index contributed by atoms with van der Waals surface area (Å²) in [5.41, 5.74) is 1.19. The molecule has 4 heteroatoms. The van der Waals surface area contributed by atoms with Crippen molar-refractivity contribution in [2.75, 3.05) is 6.61 Å². The Morgan fingerprint density at radius 2 is 2.25 bits per heavy atom. The van der Waals surface area contributed by atoms with E-state index in [0.717, 1.165) is 31.1 Å². The lowest BCUT2D eigenvalue weighted by molar-refractivity contribution is 0.108. The van der Waals surface area contributed by atoms with Crippen molar-refractivity contribution in [3.05, 3.63) is 45.5 Å². The Morgan fingerprint density at radius 1 is 1.40 bits per heavy atom. The highest BCUT2D eigenvalue weighted by Crippen LogP contribution is 2.16. The van der Waals surface area contributed by atoms with Gasteiger partial charge in [0.2, 0.25) is 0 Å². The van der Waals surface area contributed by atoms with E-state index < -0.39 is 0 Å². The highest BCUT2D eigenvalue weighted by Gasteiger charge is 2.08. The Morgan fingerprint density at radius 3 is 2.95 bits per heavy atom. The van der Waals surface area contributed by atoms with E-state index in [9.17, 15) is 0 Å². The van der Waals surface area contributed by atoms with Crippen molar-refractivity contribution in [2.24, 2.45) is 0 Å². The molecule has 20 heavy (non-hydrogen) atoms. The molecule has 0 bridgehead atoms. The first-order valence-electron chi connectivity index (χ1n) is 7.07. The van der Waals surface area contributed by atoms with Gasteiger partial charge in [0.15, 0.2) is 0 Å². The molecule has 2 heterocycles. The molecular weight excluding hydrogens is 270 g/mol. The molecule has 0 aliphatic rings. The fourth-order valence-electron chi connectivity index (χ4n) is 1.93. The third-order valence-corrected chi connectivity index (χ3v) is 4.00. The molecule has 3 nitrogen and oxygen atoms in total. The smallest absolute Gasteiger partial charge is 0.130 e. The summed E-state index contributed by atoms with van der Waals surface area (Å²) in [7, 11) is 0. The average Bonchev–Trinajstić information content (AvgIpc) is 3.02. The summed E-state index contributed by atoms with van der Waals surface area (Å²) in [6.45, 7) is 8.40. The van der Waals surface area contributed by atoms with Gasteiger partial charge < -0.3 is 14.5 Å². The Hall–Kier alpha value is -1.10. The molecule has 2 rings (SSSR count). The van der Waals surface area contributed by atoms with Gasteiger partial charge in [-0.15, -0.1) is 11.3 Å². The van der Waals surface area contributed by atoms with Crippen molar-refractivity contribution in [1.29, 1.82) is 0 Å². The Kier molecular flexibility index (Phi) is 5.83. The van der Waals surface area contributed by atoms with Gasteiger partial charge in [-0.25, -0.2) is 0 Å². The zero-order chi connectivity index (χ0) is 14.4. The van der Waals surface area contributed by atoms with Crippen LogP contribution >= 0.6 is 11.3 Å². The van der Waals surface area contributed by atoms with Crippen molar-refractivity contribution in [3.8, 4) is 0 Å². The fraction of sp³-hybridized carbons (Fsp3) is 0.500. The third-order valence-electron chi connectivity index (χ3n) is 3.06. The predicted octanol–water partition coefficient (Wildman–Crippen LogP) is 3.91. The summed E-state index contributed by atoms with van der Waals surface area (Å²) >= 11 is 1.77. The number of ether oxygens (including phenoxy) is 1. The van der Waals surface area contributed by atoms with Crippen LogP contribution in [0.1, 0.15) is 35.8 Å². The van der Waals surface area contributed by atoms with Crippen molar-refractivity contribution in [1.82, 2.24) is 5.32 Å². The zero-order valence-electron chi connectivity index (χ0n) is 12.4. The molecule has 0 radical (unpaired) electrons. The molecule has 0 spiro atoms. The maximum Gasteiger partial charge on any atom is 0.130 e. The van der Waals surface area contributed by atoms with Crippen LogP contribution in [0, 0.1) is 6.92 Å². The van der Waals surface area contributed by atoms with Crippen molar-refractivity contribution >= 4 is 11.3 Å². The van der Waals surface area contributed by atoms with E-state index in [2.05, 4.69) is 49.7 Å². The second-order valence-electron chi connectivity index (χ2n) is 5.24. The van der Waals surface area contributed by atoms with E-state index in [0.29, 0.717) is 12.6 Å². The van der Waals surface area contributed by atoms with E-state index in [1.54, 1.807) is 11.3 Å². The SMILES string of the molecule is Cc1cc(COCCc2cccs2)oc1CNC(C)C. The number of rotatable bonds is 8. The lowest BCUT2D eigenvalue weighted by Crippen LogP contribution is -2.21.